The highest BCUT2D eigenvalue weighted by Crippen LogP contribution is 2.38. The molecule has 3 rings (SSSR count). The molecule has 0 radical (unpaired) electrons. The Morgan fingerprint density at radius 1 is 1.03 bits per heavy atom. The van der Waals surface area contributed by atoms with E-state index < -0.39 is 39.2 Å². The van der Waals surface area contributed by atoms with Crippen molar-refractivity contribution in [3.63, 3.8) is 0 Å². The Morgan fingerprint density at radius 3 is 2.40 bits per heavy atom. The molecule has 1 N–H and O–H groups in total. The summed E-state index contributed by atoms with van der Waals surface area (Å²) in [6.07, 6.45) is -4.82. The van der Waals surface area contributed by atoms with Crippen molar-refractivity contribution in [1.29, 1.82) is 0 Å². The van der Waals surface area contributed by atoms with Crippen LogP contribution in [-0.4, -0.2) is 27.5 Å². The van der Waals surface area contributed by atoms with Crippen molar-refractivity contribution in [3.8, 4) is 5.75 Å². The number of hydrogen-bond donors (Lipinski definition) is 1. The van der Waals surface area contributed by atoms with E-state index in [1.54, 1.807) is 30.3 Å². The molecule has 6 nitrogen and oxygen atoms in total. The lowest BCUT2D eigenvalue weighted by molar-refractivity contribution is -0.137. The SMILES string of the molecule is CCOc1cccc(CNC(=O)CN(c2ccc(Cl)c(C(F)(F)F)c2)S(=O)(=O)c2ccccc2)c1. The highest BCUT2D eigenvalue weighted by molar-refractivity contribution is 7.92. The van der Waals surface area contributed by atoms with Crippen LogP contribution in [0.25, 0.3) is 0 Å². The number of hydrogen-bond acceptors (Lipinski definition) is 4. The molecule has 0 atom stereocenters. The van der Waals surface area contributed by atoms with E-state index in [9.17, 15) is 26.4 Å². The standard InChI is InChI=1S/C24H22ClF3N2O4S/c1-2-34-19-8-6-7-17(13-19)15-29-23(31)16-30(35(32,33)20-9-4-3-5-10-20)18-11-12-22(25)21(14-18)24(26,27)28/h3-14H,2,15-16H2,1H3,(H,29,31). The predicted molar refractivity (Wildman–Crippen MR) is 127 cm³/mol. The van der Waals surface area contributed by atoms with Gasteiger partial charge >= 0.3 is 6.18 Å². The van der Waals surface area contributed by atoms with E-state index in [4.69, 9.17) is 16.3 Å². The molecule has 186 valence electrons. The fourth-order valence-electron chi connectivity index (χ4n) is 3.22. The number of carbonyl (C=O) groups excluding carboxylic acids is 1. The van der Waals surface area contributed by atoms with Gasteiger partial charge in [0.1, 0.15) is 12.3 Å². The van der Waals surface area contributed by atoms with Crippen molar-refractivity contribution in [3.05, 3.63) is 88.9 Å². The third-order valence-electron chi connectivity index (χ3n) is 4.86. The fourth-order valence-corrected chi connectivity index (χ4v) is 4.88. The molecule has 3 aromatic rings. The summed E-state index contributed by atoms with van der Waals surface area (Å²) in [6, 6.07) is 16.8. The minimum Gasteiger partial charge on any atom is -0.494 e. The van der Waals surface area contributed by atoms with Gasteiger partial charge in [0.2, 0.25) is 5.91 Å². The zero-order chi connectivity index (χ0) is 25.6. The van der Waals surface area contributed by atoms with E-state index in [1.807, 2.05) is 6.92 Å². The molecule has 0 saturated carbocycles. The summed E-state index contributed by atoms with van der Waals surface area (Å²) < 4.78 is 73.0. The van der Waals surface area contributed by atoms with Crippen molar-refractivity contribution in [2.45, 2.75) is 24.5 Å². The number of carbonyl (C=O) groups is 1. The van der Waals surface area contributed by atoms with E-state index in [1.165, 1.54) is 24.3 Å². The largest absolute Gasteiger partial charge is 0.494 e. The second-order valence-corrected chi connectivity index (χ2v) is 9.61. The molecule has 3 aromatic carbocycles. The van der Waals surface area contributed by atoms with Gasteiger partial charge in [-0.1, -0.05) is 41.9 Å². The molecule has 0 saturated heterocycles. The Labute approximate surface area is 206 Å². The van der Waals surface area contributed by atoms with Gasteiger partial charge < -0.3 is 10.1 Å². The zero-order valence-corrected chi connectivity index (χ0v) is 20.1. The van der Waals surface area contributed by atoms with Crippen LogP contribution in [-0.2, 0) is 27.5 Å². The van der Waals surface area contributed by atoms with Gasteiger partial charge in [-0.15, -0.1) is 0 Å². The smallest absolute Gasteiger partial charge is 0.417 e. The maximum atomic E-state index is 13.4. The normalized spacial score (nSPS) is 11.7. The molecule has 0 aliphatic rings. The molecule has 11 heteroatoms. The van der Waals surface area contributed by atoms with Gasteiger partial charge in [-0.25, -0.2) is 8.42 Å². The molecule has 0 heterocycles. The Kier molecular flexibility index (Phi) is 8.29. The quantitative estimate of drug-likeness (QED) is 0.412. The first kappa shape index (κ1) is 26.4. The van der Waals surface area contributed by atoms with Crippen molar-refractivity contribution >= 4 is 33.2 Å². The molecule has 0 aromatic heterocycles. The summed E-state index contributed by atoms with van der Waals surface area (Å²) >= 11 is 5.70. The Morgan fingerprint density at radius 2 is 1.74 bits per heavy atom. The van der Waals surface area contributed by atoms with Gasteiger partial charge in [-0.3, -0.25) is 9.10 Å². The lowest BCUT2D eigenvalue weighted by Gasteiger charge is -2.25. The minimum atomic E-state index is -4.82. The van der Waals surface area contributed by atoms with Crippen molar-refractivity contribution in [1.82, 2.24) is 5.32 Å². The third-order valence-corrected chi connectivity index (χ3v) is 6.98. The summed E-state index contributed by atoms with van der Waals surface area (Å²) in [5.74, 6) is -0.108. The van der Waals surface area contributed by atoms with Crippen LogP contribution in [0.2, 0.25) is 5.02 Å². The number of nitrogens with one attached hydrogen (secondary N) is 1. The van der Waals surface area contributed by atoms with E-state index >= 15 is 0 Å². The second-order valence-electron chi connectivity index (χ2n) is 7.34. The molecule has 0 fully saturated rings. The highest BCUT2D eigenvalue weighted by Gasteiger charge is 2.35. The lowest BCUT2D eigenvalue weighted by Crippen LogP contribution is -2.40. The average Bonchev–Trinajstić information content (AvgIpc) is 2.82. The van der Waals surface area contributed by atoms with Gasteiger partial charge in [0.05, 0.1) is 27.8 Å². The molecule has 35 heavy (non-hydrogen) atoms. The molecule has 0 aliphatic heterocycles. The number of sulfonamides is 1. The number of amides is 1. The summed E-state index contributed by atoms with van der Waals surface area (Å²) in [4.78, 5) is 12.6. The monoisotopic (exact) mass is 526 g/mol. The number of ether oxygens (including phenoxy) is 1. The summed E-state index contributed by atoms with van der Waals surface area (Å²) in [7, 11) is -4.38. The Bertz CT molecular complexity index is 1290. The summed E-state index contributed by atoms with van der Waals surface area (Å²) in [5, 5.41) is 2.01. The van der Waals surface area contributed by atoms with Crippen LogP contribution in [0.1, 0.15) is 18.1 Å². The number of halogens is 4. The second kappa shape index (κ2) is 11.0. The van der Waals surface area contributed by atoms with E-state index in [0.717, 1.165) is 12.1 Å². The van der Waals surface area contributed by atoms with Gasteiger partial charge in [0.25, 0.3) is 10.0 Å². The summed E-state index contributed by atoms with van der Waals surface area (Å²) in [5.41, 5.74) is -0.857. The van der Waals surface area contributed by atoms with Gasteiger partial charge in [-0.2, -0.15) is 13.2 Å². The third kappa shape index (κ3) is 6.67. The van der Waals surface area contributed by atoms with Crippen molar-refractivity contribution in [2.24, 2.45) is 0 Å². The molecule has 0 spiro atoms. The lowest BCUT2D eigenvalue weighted by atomic mass is 10.2. The topological polar surface area (TPSA) is 75.7 Å². The number of anilines is 1. The predicted octanol–water partition coefficient (Wildman–Crippen LogP) is 5.27. The van der Waals surface area contributed by atoms with Crippen LogP contribution in [0.5, 0.6) is 5.75 Å². The van der Waals surface area contributed by atoms with Gasteiger partial charge in [0.15, 0.2) is 0 Å². The van der Waals surface area contributed by atoms with Crippen LogP contribution in [0.15, 0.2) is 77.7 Å². The first-order chi connectivity index (χ1) is 16.5. The van der Waals surface area contributed by atoms with Gasteiger partial charge in [-0.05, 0) is 55.0 Å². The van der Waals surface area contributed by atoms with Crippen LogP contribution in [0.4, 0.5) is 18.9 Å². The Balaban J connectivity index is 1.91. The van der Waals surface area contributed by atoms with Crippen LogP contribution >= 0.6 is 11.6 Å². The van der Waals surface area contributed by atoms with E-state index in [-0.39, 0.29) is 17.1 Å². The minimum absolute atomic E-state index is 0.0629. The van der Waals surface area contributed by atoms with Crippen molar-refractivity contribution in [2.75, 3.05) is 17.5 Å². The number of alkyl halides is 3. The molecule has 0 bridgehead atoms. The summed E-state index contributed by atoms with van der Waals surface area (Å²) in [6.45, 7) is 1.61. The number of nitrogens with zero attached hydrogens (tertiary/aromatic N) is 1. The fraction of sp³-hybridized carbons (Fsp3) is 0.208. The molecule has 0 unspecified atom stereocenters. The first-order valence-corrected chi connectivity index (χ1v) is 12.3. The Hall–Kier alpha value is -3.24. The maximum absolute atomic E-state index is 13.4. The van der Waals surface area contributed by atoms with Crippen LogP contribution in [0, 0.1) is 0 Å². The van der Waals surface area contributed by atoms with Crippen molar-refractivity contribution < 1.29 is 31.1 Å². The van der Waals surface area contributed by atoms with Crippen LogP contribution < -0.4 is 14.4 Å². The number of benzene rings is 3. The molecule has 1 amide bonds. The highest BCUT2D eigenvalue weighted by atomic mass is 35.5. The van der Waals surface area contributed by atoms with Gasteiger partial charge in [0, 0.05) is 6.54 Å². The zero-order valence-electron chi connectivity index (χ0n) is 18.5. The maximum Gasteiger partial charge on any atom is 0.417 e. The number of rotatable bonds is 9. The van der Waals surface area contributed by atoms with Crippen LogP contribution in [0.3, 0.4) is 0 Å². The van der Waals surface area contributed by atoms with E-state index in [2.05, 4.69) is 5.32 Å². The molecular formula is C24H22ClF3N2O4S. The van der Waals surface area contributed by atoms with E-state index in [0.29, 0.717) is 28.3 Å². The molecule has 0 aliphatic carbocycles. The molecular weight excluding hydrogens is 505 g/mol. The first-order valence-electron chi connectivity index (χ1n) is 10.5. The average molecular weight is 527 g/mol.